The van der Waals surface area contributed by atoms with Gasteiger partial charge in [-0.3, -0.25) is 0 Å². The molecule has 0 spiro atoms. The molecule has 0 radical (unpaired) electrons. The third-order valence-electron chi connectivity index (χ3n) is 3.56. The lowest BCUT2D eigenvalue weighted by Crippen LogP contribution is -2.11. The topological polar surface area (TPSA) is 35.5 Å². The van der Waals surface area contributed by atoms with Gasteiger partial charge in [-0.1, -0.05) is 17.7 Å². The zero-order valence-electron chi connectivity index (χ0n) is 13.2. The van der Waals surface area contributed by atoms with Crippen molar-refractivity contribution in [3.8, 4) is 11.5 Å². The van der Waals surface area contributed by atoms with Crippen LogP contribution in [-0.2, 0) is 0 Å². The lowest BCUT2D eigenvalue weighted by Gasteiger charge is -2.09. The molecule has 0 saturated carbocycles. The van der Waals surface area contributed by atoms with E-state index in [4.69, 9.17) is 21.1 Å². The third-order valence-corrected chi connectivity index (χ3v) is 3.85. The summed E-state index contributed by atoms with van der Waals surface area (Å²) in [5.74, 6) is -1.64. The maximum atomic E-state index is 14.0. The first-order valence-electron chi connectivity index (χ1n) is 7.52. The molecule has 0 saturated heterocycles. The summed E-state index contributed by atoms with van der Waals surface area (Å²) in [6.45, 7) is 2.16. The van der Waals surface area contributed by atoms with Crippen LogP contribution in [0.4, 0.5) is 8.78 Å². The molecule has 0 aliphatic heterocycles. The Morgan fingerprint density at radius 3 is 2.52 bits per heavy atom. The molecule has 3 aromatic rings. The second-order valence-corrected chi connectivity index (χ2v) is 5.62. The van der Waals surface area contributed by atoms with Gasteiger partial charge in [-0.2, -0.15) is 0 Å². The highest BCUT2D eigenvalue weighted by molar-refractivity contribution is 6.31. The fourth-order valence-corrected chi connectivity index (χ4v) is 2.55. The summed E-state index contributed by atoms with van der Waals surface area (Å²) in [5, 5.41) is 0.826. The molecule has 0 unspecified atom stereocenters. The van der Waals surface area contributed by atoms with Crippen molar-refractivity contribution in [2.24, 2.45) is 0 Å². The molecule has 3 aromatic carbocycles. The van der Waals surface area contributed by atoms with Crippen molar-refractivity contribution in [3.63, 3.8) is 0 Å². The van der Waals surface area contributed by atoms with Crippen LogP contribution < -0.4 is 9.47 Å². The number of fused-ring (bicyclic) bond motifs is 1. The van der Waals surface area contributed by atoms with E-state index < -0.39 is 17.6 Å². The standard InChI is InChI=1S/C19H13ClF2O3/c1-2-24-12-4-7-15(17(21)10-12)19(23)25-13-5-6-14-11(9-13)3-8-16(20)18(14)22/h3-10H,2H2,1H3. The van der Waals surface area contributed by atoms with Gasteiger partial charge in [0.15, 0.2) is 0 Å². The molecular formula is C19H13ClF2O3. The van der Waals surface area contributed by atoms with Crippen molar-refractivity contribution in [2.45, 2.75) is 6.92 Å². The number of benzene rings is 3. The van der Waals surface area contributed by atoms with Gasteiger partial charge in [0.25, 0.3) is 0 Å². The Hall–Kier alpha value is -2.66. The maximum Gasteiger partial charge on any atom is 0.346 e. The van der Waals surface area contributed by atoms with Gasteiger partial charge in [-0.05, 0) is 48.7 Å². The Labute approximate surface area is 147 Å². The minimum absolute atomic E-state index is 0.00806. The van der Waals surface area contributed by atoms with Crippen LogP contribution in [-0.4, -0.2) is 12.6 Å². The molecule has 25 heavy (non-hydrogen) atoms. The fraction of sp³-hybridized carbons (Fsp3) is 0.105. The number of carbonyl (C=O) groups is 1. The van der Waals surface area contributed by atoms with Crippen LogP contribution in [0.5, 0.6) is 11.5 Å². The van der Waals surface area contributed by atoms with E-state index in [-0.39, 0.29) is 16.3 Å². The van der Waals surface area contributed by atoms with Gasteiger partial charge < -0.3 is 9.47 Å². The first-order chi connectivity index (χ1) is 12.0. The molecule has 0 atom stereocenters. The minimum atomic E-state index is -0.852. The zero-order chi connectivity index (χ0) is 18.0. The van der Waals surface area contributed by atoms with Crippen molar-refractivity contribution < 1.29 is 23.0 Å². The van der Waals surface area contributed by atoms with Gasteiger partial charge in [0.2, 0.25) is 0 Å². The van der Waals surface area contributed by atoms with E-state index in [0.717, 1.165) is 6.07 Å². The Morgan fingerprint density at radius 1 is 1.04 bits per heavy atom. The van der Waals surface area contributed by atoms with E-state index in [1.165, 1.54) is 36.4 Å². The molecular weight excluding hydrogens is 350 g/mol. The van der Waals surface area contributed by atoms with Gasteiger partial charge in [0.05, 0.1) is 17.2 Å². The predicted octanol–water partition coefficient (Wildman–Crippen LogP) is 5.39. The molecule has 3 rings (SSSR count). The molecule has 0 N–H and O–H groups in total. The monoisotopic (exact) mass is 362 g/mol. The van der Waals surface area contributed by atoms with Gasteiger partial charge in [-0.25, -0.2) is 13.6 Å². The van der Waals surface area contributed by atoms with Crippen LogP contribution in [0.3, 0.4) is 0 Å². The molecule has 128 valence electrons. The predicted molar refractivity (Wildman–Crippen MR) is 91.4 cm³/mol. The number of hydrogen-bond acceptors (Lipinski definition) is 3. The second kappa shape index (κ2) is 7.07. The average molecular weight is 363 g/mol. The molecule has 6 heteroatoms. The van der Waals surface area contributed by atoms with E-state index in [1.54, 1.807) is 13.0 Å². The summed E-state index contributed by atoms with van der Waals surface area (Å²) >= 11 is 5.73. The van der Waals surface area contributed by atoms with Crippen molar-refractivity contribution in [3.05, 3.63) is 70.8 Å². The molecule has 0 fully saturated rings. The number of carbonyl (C=O) groups excluding carboxylic acids is 1. The van der Waals surface area contributed by atoms with E-state index in [0.29, 0.717) is 23.1 Å². The number of ether oxygens (including phenoxy) is 2. The number of esters is 1. The number of rotatable bonds is 4. The van der Waals surface area contributed by atoms with E-state index in [1.807, 2.05) is 0 Å². The lowest BCUT2D eigenvalue weighted by molar-refractivity contribution is 0.0730. The van der Waals surface area contributed by atoms with Crippen LogP contribution in [0.2, 0.25) is 5.02 Å². The van der Waals surface area contributed by atoms with Crippen LogP contribution in [0.15, 0.2) is 48.5 Å². The van der Waals surface area contributed by atoms with E-state index in [9.17, 15) is 13.6 Å². The second-order valence-electron chi connectivity index (χ2n) is 5.21. The summed E-state index contributed by atoms with van der Waals surface area (Å²) in [6, 6.07) is 11.3. The minimum Gasteiger partial charge on any atom is -0.494 e. The van der Waals surface area contributed by atoms with Gasteiger partial charge in [0.1, 0.15) is 23.1 Å². The Bertz CT molecular complexity index is 957. The fourth-order valence-electron chi connectivity index (χ4n) is 2.39. The van der Waals surface area contributed by atoms with Gasteiger partial charge >= 0.3 is 5.97 Å². The normalized spacial score (nSPS) is 10.7. The third kappa shape index (κ3) is 3.56. The molecule has 3 nitrogen and oxygen atoms in total. The Balaban J connectivity index is 1.86. The van der Waals surface area contributed by atoms with Crippen LogP contribution >= 0.6 is 11.6 Å². The van der Waals surface area contributed by atoms with Crippen LogP contribution in [0.25, 0.3) is 10.8 Å². The summed E-state index contributed by atoms with van der Waals surface area (Å²) in [5.41, 5.74) is -0.217. The van der Waals surface area contributed by atoms with Gasteiger partial charge in [-0.15, -0.1) is 0 Å². The van der Waals surface area contributed by atoms with E-state index in [2.05, 4.69) is 0 Å². The molecule has 0 aromatic heterocycles. The highest BCUT2D eigenvalue weighted by atomic mass is 35.5. The zero-order valence-corrected chi connectivity index (χ0v) is 13.9. The summed E-state index contributed by atoms with van der Waals surface area (Å²) in [4.78, 5) is 12.2. The Kier molecular flexibility index (Phi) is 4.86. The molecule has 0 aliphatic carbocycles. The van der Waals surface area contributed by atoms with Crippen LogP contribution in [0, 0.1) is 11.6 Å². The van der Waals surface area contributed by atoms with Crippen molar-refractivity contribution in [2.75, 3.05) is 6.61 Å². The SMILES string of the molecule is CCOc1ccc(C(=O)Oc2ccc3c(F)c(Cl)ccc3c2)c(F)c1. The maximum absolute atomic E-state index is 14.0. The number of hydrogen-bond donors (Lipinski definition) is 0. The summed E-state index contributed by atoms with van der Waals surface area (Å²) in [6.07, 6.45) is 0. The highest BCUT2D eigenvalue weighted by Gasteiger charge is 2.16. The quantitative estimate of drug-likeness (QED) is 0.461. The van der Waals surface area contributed by atoms with Crippen LogP contribution in [0.1, 0.15) is 17.3 Å². The molecule has 0 bridgehead atoms. The van der Waals surface area contributed by atoms with E-state index >= 15 is 0 Å². The molecule has 0 amide bonds. The van der Waals surface area contributed by atoms with Gasteiger partial charge in [0, 0.05) is 11.5 Å². The van der Waals surface area contributed by atoms with Crippen molar-refractivity contribution in [1.82, 2.24) is 0 Å². The number of halogens is 3. The summed E-state index contributed by atoms with van der Waals surface area (Å²) in [7, 11) is 0. The molecule has 0 aliphatic rings. The first kappa shape index (κ1) is 17.2. The van der Waals surface area contributed by atoms with Crippen molar-refractivity contribution >= 4 is 28.3 Å². The smallest absolute Gasteiger partial charge is 0.346 e. The van der Waals surface area contributed by atoms with Crippen molar-refractivity contribution in [1.29, 1.82) is 0 Å². The molecule has 0 heterocycles. The first-order valence-corrected chi connectivity index (χ1v) is 7.89. The largest absolute Gasteiger partial charge is 0.494 e. The Morgan fingerprint density at radius 2 is 1.80 bits per heavy atom. The summed E-state index contributed by atoms with van der Waals surface area (Å²) < 4.78 is 38.3. The average Bonchev–Trinajstić information content (AvgIpc) is 2.58. The highest BCUT2D eigenvalue weighted by Crippen LogP contribution is 2.28. The lowest BCUT2D eigenvalue weighted by atomic mass is 10.1.